The van der Waals surface area contributed by atoms with Gasteiger partial charge in [-0.1, -0.05) is 32.9 Å². The third-order valence-corrected chi connectivity index (χ3v) is 6.20. The molecule has 0 saturated carbocycles. The number of ether oxygens (including phenoxy) is 3. The Balaban J connectivity index is 0.00000480. The third-order valence-electron chi connectivity index (χ3n) is 6.20. The highest BCUT2D eigenvalue weighted by Gasteiger charge is 2.30. The minimum atomic E-state index is 0. The number of hydrogen-bond acceptors (Lipinski definition) is 6. The van der Waals surface area contributed by atoms with E-state index < -0.39 is 0 Å². The molecule has 1 atom stereocenters. The Morgan fingerprint density at radius 3 is 2.19 bits per heavy atom. The summed E-state index contributed by atoms with van der Waals surface area (Å²) in [4.78, 5) is 0. The smallest absolute Gasteiger partial charge is 0.161 e. The summed E-state index contributed by atoms with van der Waals surface area (Å²) in [5, 5.41) is 13.2. The molecule has 2 aromatic carbocycles. The first kappa shape index (κ1) is 26.6. The van der Waals surface area contributed by atoms with Crippen molar-refractivity contribution in [3.63, 3.8) is 0 Å². The number of nitrogens with one attached hydrogen (secondary N) is 1. The van der Waals surface area contributed by atoms with Crippen LogP contribution in [0.15, 0.2) is 36.4 Å². The third kappa shape index (κ3) is 6.77. The molecule has 0 fully saturated rings. The van der Waals surface area contributed by atoms with E-state index in [2.05, 4.69) is 38.2 Å². The van der Waals surface area contributed by atoms with Gasteiger partial charge in [0.25, 0.3) is 0 Å². The molecule has 2 rings (SSSR count). The van der Waals surface area contributed by atoms with Crippen molar-refractivity contribution < 1.29 is 19.3 Å². The molecule has 0 aliphatic rings. The summed E-state index contributed by atoms with van der Waals surface area (Å²) in [5.41, 5.74) is 2.49. The zero-order valence-electron chi connectivity index (χ0n) is 20.0. The summed E-state index contributed by atoms with van der Waals surface area (Å²) in [7, 11) is 4.92. The van der Waals surface area contributed by atoms with Gasteiger partial charge in [0.2, 0.25) is 0 Å². The van der Waals surface area contributed by atoms with Crippen molar-refractivity contribution in [2.75, 3.05) is 34.4 Å². The lowest BCUT2D eigenvalue weighted by molar-refractivity contribution is 0.301. The molecule has 0 radical (unpaired) electrons. The highest BCUT2D eigenvalue weighted by atomic mass is 16.5. The Bertz CT molecular complexity index is 810. The van der Waals surface area contributed by atoms with Gasteiger partial charge < -0.3 is 30.8 Å². The SMILES string of the molecule is COc1cc(CCNCCCC(C)(c2ccc(OC)c(OC)c2)C(C)C)ccc1O.N. The van der Waals surface area contributed by atoms with Crippen LogP contribution in [0.1, 0.15) is 44.7 Å². The molecule has 0 aliphatic carbocycles. The predicted molar refractivity (Wildman–Crippen MR) is 127 cm³/mol. The van der Waals surface area contributed by atoms with Crippen molar-refractivity contribution in [1.82, 2.24) is 11.5 Å². The summed E-state index contributed by atoms with van der Waals surface area (Å²) in [6.07, 6.45) is 3.07. The molecular formula is C25H40N2O4. The van der Waals surface area contributed by atoms with Crippen molar-refractivity contribution in [3.8, 4) is 23.0 Å². The average Bonchev–Trinajstić information content (AvgIpc) is 2.76. The Morgan fingerprint density at radius 1 is 0.903 bits per heavy atom. The lowest BCUT2D eigenvalue weighted by atomic mass is 9.70. The molecule has 0 amide bonds. The molecule has 174 valence electrons. The van der Waals surface area contributed by atoms with Crippen LogP contribution in [0.2, 0.25) is 0 Å². The molecule has 5 N–H and O–H groups in total. The van der Waals surface area contributed by atoms with Gasteiger partial charge in [0.05, 0.1) is 21.3 Å². The van der Waals surface area contributed by atoms with Crippen molar-refractivity contribution >= 4 is 0 Å². The summed E-state index contributed by atoms with van der Waals surface area (Å²) < 4.78 is 16.1. The van der Waals surface area contributed by atoms with Crippen LogP contribution in [-0.2, 0) is 11.8 Å². The van der Waals surface area contributed by atoms with Crippen LogP contribution in [0.25, 0.3) is 0 Å². The number of methoxy groups -OCH3 is 3. The second-order valence-corrected chi connectivity index (χ2v) is 8.25. The minimum absolute atomic E-state index is 0. The van der Waals surface area contributed by atoms with Gasteiger partial charge in [0.1, 0.15) is 0 Å². The maximum Gasteiger partial charge on any atom is 0.161 e. The van der Waals surface area contributed by atoms with Gasteiger partial charge in [0.15, 0.2) is 23.0 Å². The van der Waals surface area contributed by atoms with E-state index in [1.807, 2.05) is 18.2 Å². The monoisotopic (exact) mass is 432 g/mol. The molecule has 0 spiro atoms. The number of phenols is 1. The summed E-state index contributed by atoms with van der Waals surface area (Å²) in [5.74, 6) is 2.75. The van der Waals surface area contributed by atoms with Crippen LogP contribution < -0.4 is 25.7 Å². The van der Waals surface area contributed by atoms with Crippen LogP contribution in [0.3, 0.4) is 0 Å². The Kier molecular flexibility index (Phi) is 10.7. The number of hydrogen-bond donors (Lipinski definition) is 3. The van der Waals surface area contributed by atoms with E-state index in [0.29, 0.717) is 11.7 Å². The number of rotatable bonds is 12. The van der Waals surface area contributed by atoms with E-state index >= 15 is 0 Å². The molecule has 1 unspecified atom stereocenters. The van der Waals surface area contributed by atoms with Gasteiger partial charge in [-0.2, -0.15) is 0 Å². The molecular weight excluding hydrogens is 392 g/mol. The molecule has 31 heavy (non-hydrogen) atoms. The maximum atomic E-state index is 9.70. The maximum absolute atomic E-state index is 9.70. The first-order chi connectivity index (χ1) is 14.3. The van der Waals surface area contributed by atoms with E-state index in [1.54, 1.807) is 27.4 Å². The predicted octanol–water partition coefficient (Wildman–Crippen LogP) is 5.11. The van der Waals surface area contributed by atoms with Gasteiger partial charge in [-0.3, -0.25) is 0 Å². The van der Waals surface area contributed by atoms with Gasteiger partial charge in [-0.05, 0) is 79.1 Å². The fourth-order valence-corrected chi connectivity index (χ4v) is 3.77. The average molecular weight is 433 g/mol. The zero-order chi connectivity index (χ0) is 22.1. The van der Waals surface area contributed by atoms with Crippen LogP contribution in [-0.4, -0.2) is 39.5 Å². The van der Waals surface area contributed by atoms with E-state index in [0.717, 1.165) is 49.4 Å². The molecule has 0 bridgehead atoms. The Hall–Kier alpha value is -2.44. The van der Waals surface area contributed by atoms with Gasteiger partial charge in [-0.15, -0.1) is 0 Å². The highest BCUT2D eigenvalue weighted by molar-refractivity contribution is 5.45. The molecule has 0 heterocycles. The second-order valence-electron chi connectivity index (χ2n) is 8.25. The molecule has 6 nitrogen and oxygen atoms in total. The van der Waals surface area contributed by atoms with Crippen LogP contribution in [0, 0.1) is 5.92 Å². The topological polar surface area (TPSA) is 95.0 Å². The van der Waals surface area contributed by atoms with Crippen LogP contribution in [0.5, 0.6) is 23.0 Å². The standard InChI is InChI=1S/C25H37NO4.H3N/c1-18(2)25(3,20-9-11-22(28-4)24(17-20)30-6)13-7-14-26-15-12-19-8-10-21(27)23(16-19)29-5;/h8-11,16-18,26-27H,7,12-15H2,1-6H3;1H3. The fourth-order valence-electron chi connectivity index (χ4n) is 3.77. The lowest BCUT2D eigenvalue weighted by Gasteiger charge is -2.35. The molecule has 0 aliphatic heterocycles. The van der Waals surface area contributed by atoms with Crippen molar-refractivity contribution in [2.45, 2.75) is 45.4 Å². The van der Waals surface area contributed by atoms with Crippen LogP contribution in [0.4, 0.5) is 0 Å². The largest absolute Gasteiger partial charge is 0.504 e. The van der Waals surface area contributed by atoms with Crippen molar-refractivity contribution in [1.29, 1.82) is 0 Å². The first-order valence-corrected chi connectivity index (χ1v) is 10.6. The van der Waals surface area contributed by atoms with Gasteiger partial charge in [-0.25, -0.2) is 0 Å². The van der Waals surface area contributed by atoms with Crippen molar-refractivity contribution in [2.24, 2.45) is 5.92 Å². The fraction of sp³-hybridized carbons (Fsp3) is 0.520. The summed E-state index contributed by atoms with van der Waals surface area (Å²) in [6, 6.07) is 11.8. The number of phenolic OH excluding ortho intramolecular Hbond substituents is 1. The Labute approximate surface area is 187 Å². The van der Waals surface area contributed by atoms with E-state index in [9.17, 15) is 5.11 Å². The molecule has 0 saturated heterocycles. The summed E-state index contributed by atoms with van der Waals surface area (Å²) in [6.45, 7) is 8.75. The second kappa shape index (κ2) is 12.4. The van der Waals surface area contributed by atoms with Gasteiger partial charge >= 0.3 is 0 Å². The number of benzene rings is 2. The van der Waals surface area contributed by atoms with Crippen molar-refractivity contribution in [3.05, 3.63) is 47.5 Å². The highest BCUT2D eigenvalue weighted by Crippen LogP contribution is 2.40. The van der Waals surface area contributed by atoms with E-state index in [1.165, 1.54) is 5.56 Å². The zero-order valence-corrected chi connectivity index (χ0v) is 20.0. The first-order valence-electron chi connectivity index (χ1n) is 10.6. The quantitative estimate of drug-likeness (QED) is 0.404. The number of aromatic hydroxyl groups is 1. The van der Waals surface area contributed by atoms with E-state index in [-0.39, 0.29) is 17.3 Å². The molecule has 6 heteroatoms. The molecule has 2 aromatic rings. The van der Waals surface area contributed by atoms with Gasteiger partial charge in [0, 0.05) is 0 Å². The lowest BCUT2D eigenvalue weighted by Crippen LogP contribution is -2.30. The normalized spacial score (nSPS) is 12.7. The van der Waals surface area contributed by atoms with E-state index in [4.69, 9.17) is 14.2 Å². The minimum Gasteiger partial charge on any atom is -0.504 e. The summed E-state index contributed by atoms with van der Waals surface area (Å²) >= 11 is 0. The van der Waals surface area contributed by atoms with Crippen LogP contribution >= 0.6 is 0 Å². The Morgan fingerprint density at radius 2 is 1.58 bits per heavy atom. The molecule has 0 aromatic heterocycles.